The fourth-order valence-corrected chi connectivity index (χ4v) is 0.813. The topological polar surface area (TPSA) is 77.0 Å². The smallest absolute Gasteiger partial charge is 0.315 e. The SMILES string of the molecule is CCC(C)CNc1nnc(CN)o1. The first kappa shape index (κ1) is 9.98. The summed E-state index contributed by atoms with van der Waals surface area (Å²) in [6, 6.07) is 0.459. The Balaban J connectivity index is 2.36. The number of anilines is 1. The van der Waals surface area contributed by atoms with Gasteiger partial charge in [-0.2, -0.15) is 0 Å². The van der Waals surface area contributed by atoms with E-state index in [0.717, 1.165) is 13.0 Å². The molecule has 0 spiro atoms. The number of hydrogen-bond donors (Lipinski definition) is 2. The molecule has 74 valence electrons. The molecule has 1 rings (SSSR count). The maximum atomic E-state index is 5.32. The maximum Gasteiger partial charge on any atom is 0.315 e. The van der Waals surface area contributed by atoms with Crippen molar-refractivity contribution in [1.82, 2.24) is 10.2 Å². The van der Waals surface area contributed by atoms with Gasteiger partial charge in [0.2, 0.25) is 5.89 Å². The minimum absolute atomic E-state index is 0.290. The largest absolute Gasteiger partial charge is 0.407 e. The number of nitrogens with zero attached hydrogens (tertiary/aromatic N) is 2. The van der Waals surface area contributed by atoms with E-state index in [4.69, 9.17) is 10.2 Å². The van der Waals surface area contributed by atoms with Crippen molar-refractivity contribution in [2.24, 2.45) is 11.7 Å². The van der Waals surface area contributed by atoms with Crippen LogP contribution in [0.1, 0.15) is 26.2 Å². The number of nitrogens with two attached hydrogens (primary N) is 1. The molecule has 0 fully saturated rings. The zero-order chi connectivity index (χ0) is 9.68. The molecule has 3 N–H and O–H groups in total. The summed E-state index contributed by atoms with van der Waals surface area (Å²) < 4.78 is 5.17. The molecule has 13 heavy (non-hydrogen) atoms. The van der Waals surface area contributed by atoms with E-state index in [1.54, 1.807) is 0 Å². The third-order valence-electron chi connectivity index (χ3n) is 1.94. The van der Waals surface area contributed by atoms with Gasteiger partial charge in [0.1, 0.15) is 0 Å². The van der Waals surface area contributed by atoms with E-state index < -0.39 is 0 Å². The molecule has 0 saturated carbocycles. The third-order valence-corrected chi connectivity index (χ3v) is 1.94. The molecule has 5 heteroatoms. The molecule has 0 aliphatic heterocycles. The Labute approximate surface area is 77.7 Å². The molecule has 1 unspecified atom stereocenters. The Morgan fingerprint density at radius 1 is 1.54 bits per heavy atom. The Hall–Kier alpha value is -1.10. The van der Waals surface area contributed by atoms with E-state index in [-0.39, 0.29) is 6.54 Å². The van der Waals surface area contributed by atoms with Gasteiger partial charge >= 0.3 is 6.01 Å². The summed E-state index contributed by atoms with van der Waals surface area (Å²) in [7, 11) is 0. The van der Waals surface area contributed by atoms with Gasteiger partial charge in [-0.15, -0.1) is 5.10 Å². The molecule has 0 aliphatic rings. The van der Waals surface area contributed by atoms with Crippen LogP contribution in [0.2, 0.25) is 0 Å². The number of hydrogen-bond acceptors (Lipinski definition) is 5. The first-order valence-corrected chi connectivity index (χ1v) is 4.52. The van der Waals surface area contributed by atoms with Crippen molar-refractivity contribution < 1.29 is 4.42 Å². The number of rotatable bonds is 5. The van der Waals surface area contributed by atoms with Crippen LogP contribution in [0.15, 0.2) is 4.42 Å². The summed E-state index contributed by atoms with van der Waals surface area (Å²) >= 11 is 0. The summed E-state index contributed by atoms with van der Waals surface area (Å²) in [5.74, 6) is 1.07. The Morgan fingerprint density at radius 2 is 2.31 bits per heavy atom. The van der Waals surface area contributed by atoms with Crippen LogP contribution >= 0.6 is 0 Å². The quantitative estimate of drug-likeness (QED) is 0.713. The lowest BCUT2D eigenvalue weighted by atomic mass is 10.1. The fourth-order valence-electron chi connectivity index (χ4n) is 0.813. The first-order valence-electron chi connectivity index (χ1n) is 4.52. The molecule has 0 aromatic carbocycles. The molecular weight excluding hydrogens is 168 g/mol. The zero-order valence-electron chi connectivity index (χ0n) is 8.08. The first-order chi connectivity index (χ1) is 6.26. The Bertz CT molecular complexity index is 248. The summed E-state index contributed by atoms with van der Waals surface area (Å²) in [4.78, 5) is 0. The van der Waals surface area contributed by atoms with Gasteiger partial charge in [-0.3, -0.25) is 0 Å². The van der Waals surface area contributed by atoms with E-state index in [1.807, 2.05) is 0 Å². The van der Waals surface area contributed by atoms with E-state index in [0.29, 0.717) is 17.8 Å². The lowest BCUT2D eigenvalue weighted by Gasteiger charge is -2.06. The van der Waals surface area contributed by atoms with Crippen LogP contribution < -0.4 is 11.1 Å². The highest BCUT2D eigenvalue weighted by molar-refractivity contribution is 5.16. The van der Waals surface area contributed by atoms with Crippen LogP contribution in [0.3, 0.4) is 0 Å². The van der Waals surface area contributed by atoms with E-state index >= 15 is 0 Å². The molecule has 0 aliphatic carbocycles. The van der Waals surface area contributed by atoms with E-state index in [1.165, 1.54) is 0 Å². The van der Waals surface area contributed by atoms with Gasteiger partial charge in [0.05, 0.1) is 6.54 Å². The molecule has 0 amide bonds. The van der Waals surface area contributed by atoms with Gasteiger partial charge in [0, 0.05) is 6.54 Å². The molecule has 5 nitrogen and oxygen atoms in total. The standard InChI is InChI=1S/C8H16N4O/c1-3-6(2)5-10-8-12-11-7(4-9)13-8/h6H,3-5,9H2,1-2H3,(H,10,12). The minimum Gasteiger partial charge on any atom is -0.407 e. The zero-order valence-corrected chi connectivity index (χ0v) is 8.08. The lowest BCUT2D eigenvalue weighted by Crippen LogP contribution is -2.10. The molecule has 0 radical (unpaired) electrons. The molecule has 0 saturated heterocycles. The molecule has 0 bridgehead atoms. The van der Waals surface area contributed by atoms with Crippen molar-refractivity contribution in [3.05, 3.63) is 5.89 Å². The molecule has 1 atom stereocenters. The molecule has 1 aromatic heterocycles. The summed E-state index contributed by atoms with van der Waals surface area (Å²) in [5.41, 5.74) is 5.32. The lowest BCUT2D eigenvalue weighted by molar-refractivity contribution is 0.498. The Morgan fingerprint density at radius 3 is 2.85 bits per heavy atom. The number of nitrogens with one attached hydrogen (secondary N) is 1. The molecule has 1 heterocycles. The summed E-state index contributed by atoms with van der Waals surface area (Å²) in [6.45, 7) is 5.44. The summed E-state index contributed by atoms with van der Waals surface area (Å²) in [5, 5.41) is 10.6. The molecular formula is C8H16N4O. The second-order valence-electron chi connectivity index (χ2n) is 3.10. The van der Waals surface area contributed by atoms with Crippen LogP contribution in [0, 0.1) is 5.92 Å². The second kappa shape index (κ2) is 4.81. The fraction of sp³-hybridized carbons (Fsp3) is 0.750. The number of aromatic nitrogens is 2. The van der Waals surface area contributed by atoms with E-state index in [2.05, 4.69) is 29.4 Å². The minimum atomic E-state index is 0.290. The van der Waals surface area contributed by atoms with Crippen molar-refractivity contribution >= 4 is 6.01 Å². The van der Waals surface area contributed by atoms with Crippen LogP contribution in [-0.4, -0.2) is 16.7 Å². The average molecular weight is 184 g/mol. The van der Waals surface area contributed by atoms with Crippen molar-refractivity contribution in [1.29, 1.82) is 0 Å². The highest BCUT2D eigenvalue weighted by atomic mass is 16.4. The van der Waals surface area contributed by atoms with Crippen molar-refractivity contribution in [3.63, 3.8) is 0 Å². The maximum absolute atomic E-state index is 5.32. The van der Waals surface area contributed by atoms with Crippen molar-refractivity contribution in [2.75, 3.05) is 11.9 Å². The van der Waals surface area contributed by atoms with E-state index in [9.17, 15) is 0 Å². The highest BCUT2D eigenvalue weighted by Crippen LogP contribution is 2.06. The average Bonchev–Trinajstić information content (AvgIpc) is 2.61. The third kappa shape index (κ3) is 3.02. The predicted molar refractivity (Wildman–Crippen MR) is 50.1 cm³/mol. The van der Waals surface area contributed by atoms with Crippen molar-refractivity contribution in [3.8, 4) is 0 Å². The Kier molecular flexibility index (Phi) is 3.70. The van der Waals surface area contributed by atoms with Crippen LogP contribution in [0.25, 0.3) is 0 Å². The van der Waals surface area contributed by atoms with Gasteiger partial charge in [-0.05, 0) is 5.92 Å². The summed E-state index contributed by atoms with van der Waals surface area (Å²) in [6.07, 6.45) is 1.13. The van der Waals surface area contributed by atoms with Crippen LogP contribution in [0.5, 0.6) is 0 Å². The predicted octanol–water partition coefficient (Wildman–Crippen LogP) is 0.986. The van der Waals surface area contributed by atoms with Gasteiger partial charge < -0.3 is 15.5 Å². The monoisotopic (exact) mass is 184 g/mol. The van der Waals surface area contributed by atoms with Gasteiger partial charge in [-0.25, -0.2) is 0 Å². The molecule has 1 aromatic rings. The normalized spacial score (nSPS) is 12.8. The van der Waals surface area contributed by atoms with Gasteiger partial charge in [0.25, 0.3) is 0 Å². The van der Waals surface area contributed by atoms with Crippen LogP contribution in [-0.2, 0) is 6.54 Å². The second-order valence-corrected chi connectivity index (χ2v) is 3.10. The van der Waals surface area contributed by atoms with Crippen molar-refractivity contribution in [2.45, 2.75) is 26.8 Å². The van der Waals surface area contributed by atoms with Gasteiger partial charge in [-0.1, -0.05) is 25.4 Å². The van der Waals surface area contributed by atoms with Gasteiger partial charge in [0.15, 0.2) is 0 Å². The van der Waals surface area contributed by atoms with Crippen LogP contribution in [0.4, 0.5) is 6.01 Å². The highest BCUT2D eigenvalue weighted by Gasteiger charge is 2.04.